The molecule has 2 aromatic carbocycles. The number of rotatable bonds is 7. The van der Waals surface area contributed by atoms with Crippen molar-refractivity contribution in [3.63, 3.8) is 0 Å². The first-order valence-corrected chi connectivity index (χ1v) is 8.10. The Labute approximate surface area is 162 Å². The Morgan fingerprint density at radius 2 is 1.54 bits per heavy atom. The van der Waals surface area contributed by atoms with E-state index in [1.54, 1.807) is 36.4 Å². The monoisotopic (exact) mass is 387 g/mol. The molecular weight excluding hydrogens is 366 g/mol. The molecule has 2 N–H and O–H groups in total. The van der Waals surface area contributed by atoms with E-state index in [0.29, 0.717) is 34.2 Å². The van der Waals surface area contributed by atoms with Crippen molar-refractivity contribution in [3.05, 3.63) is 42.0 Å². The molecule has 0 radical (unpaired) electrons. The van der Waals surface area contributed by atoms with Gasteiger partial charge < -0.3 is 24.3 Å². The van der Waals surface area contributed by atoms with Crippen molar-refractivity contribution in [1.29, 1.82) is 0 Å². The van der Waals surface area contributed by atoms with Crippen LogP contribution in [0.4, 0.5) is 5.69 Å². The molecule has 148 valence electrons. The zero-order chi connectivity index (χ0) is 20.5. The van der Waals surface area contributed by atoms with Crippen LogP contribution in [0.1, 0.15) is 5.56 Å². The first-order valence-electron chi connectivity index (χ1n) is 8.10. The lowest BCUT2D eigenvalue weighted by Gasteiger charge is -2.11. The quantitative estimate of drug-likeness (QED) is 0.426. The minimum atomic E-state index is -0.936. The number of nitrogens with zero attached hydrogens (tertiary/aromatic N) is 1. The summed E-state index contributed by atoms with van der Waals surface area (Å²) >= 11 is 0. The van der Waals surface area contributed by atoms with Gasteiger partial charge in [-0.15, -0.1) is 0 Å². The number of amides is 2. The summed E-state index contributed by atoms with van der Waals surface area (Å²) in [6.45, 7) is 0. The van der Waals surface area contributed by atoms with Gasteiger partial charge in [0.25, 0.3) is 0 Å². The van der Waals surface area contributed by atoms with E-state index in [2.05, 4.69) is 15.8 Å². The fourth-order valence-corrected chi connectivity index (χ4v) is 2.23. The molecule has 0 spiro atoms. The third kappa shape index (κ3) is 5.13. The van der Waals surface area contributed by atoms with Gasteiger partial charge in [0.1, 0.15) is 11.5 Å². The standard InChI is InChI=1S/C19H21N3O6/c1-25-13-6-7-14(16(10-13)27-3)21-18(23)19(24)22-20-11-12-5-8-15(26-2)17(9-12)28-4/h5-11H,1-4H3,(H,21,23)(H,22,24)/b20-11-. The predicted octanol–water partition coefficient (Wildman–Crippen LogP) is 1.81. The maximum absolute atomic E-state index is 12.0. The van der Waals surface area contributed by atoms with Crippen LogP contribution in [0.25, 0.3) is 0 Å². The summed E-state index contributed by atoms with van der Waals surface area (Å²) in [4.78, 5) is 24.0. The van der Waals surface area contributed by atoms with Crippen LogP contribution in [0.3, 0.4) is 0 Å². The molecule has 0 saturated carbocycles. The number of carbonyl (C=O) groups excluding carboxylic acids is 2. The van der Waals surface area contributed by atoms with Crippen LogP contribution >= 0.6 is 0 Å². The van der Waals surface area contributed by atoms with E-state index in [1.807, 2.05) is 0 Å². The highest BCUT2D eigenvalue weighted by atomic mass is 16.5. The first-order chi connectivity index (χ1) is 13.5. The van der Waals surface area contributed by atoms with Gasteiger partial charge in [-0.1, -0.05) is 0 Å². The molecule has 28 heavy (non-hydrogen) atoms. The Morgan fingerprint density at radius 1 is 0.821 bits per heavy atom. The number of hydrogen-bond acceptors (Lipinski definition) is 7. The van der Waals surface area contributed by atoms with E-state index in [4.69, 9.17) is 18.9 Å². The number of hydrazone groups is 1. The third-order valence-electron chi connectivity index (χ3n) is 3.65. The molecule has 0 aliphatic rings. The molecule has 2 amide bonds. The van der Waals surface area contributed by atoms with Crippen molar-refractivity contribution >= 4 is 23.7 Å². The Morgan fingerprint density at radius 3 is 2.18 bits per heavy atom. The largest absolute Gasteiger partial charge is 0.497 e. The van der Waals surface area contributed by atoms with Crippen molar-refractivity contribution in [2.24, 2.45) is 5.10 Å². The minimum absolute atomic E-state index is 0.326. The zero-order valence-electron chi connectivity index (χ0n) is 15.9. The lowest BCUT2D eigenvalue weighted by Crippen LogP contribution is -2.32. The minimum Gasteiger partial charge on any atom is -0.497 e. The van der Waals surface area contributed by atoms with Crippen LogP contribution in [-0.2, 0) is 9.59 Å². The number of carbonyl (C=O) groups is 2. The SMILES string of the molecule is COc1ccc(NC(=O)C(=O)N/N=C\c2ccc(OC)c(OC)c2)c(OC)c1. The molecule has 0 saturated heterocycles. The fourth-order valence-electron chi connectivity index (χ4n) is 2.23. The van der Waals surface area contributed by atoms with Gasteiger partial charge in [-0.25, -0.2) is 5.43 Å². The van der Waals surface area contributed by atoms with E-state index < -0.39 is 11.8 Å². The summed E-state index contributed by atoms with van der Waals surface area (Å²) < 4.78 is 20.6. The van der Waals surface area contributed by atoms with Crippen LogP contribution in [0, 0.1) is 0 Å². The van der Waals surface area contributed by atoms with Gasteiger partial charge in [-0.2, -0.15) is 5.10 Å². The summed E-state index contributed by atoms with van der Waals surface area (Å²) in [6, 6.07) is 9.88. The summed E-state index contributed by atoms with van der Waals surface area (Å²) in [6.07, 6.45) is 1.38. The highest BCUT2D eigenvalue weighted by Crippen LogP contribution is 2.29. The lowest BCUT2D eigenvalue weighted by molar-refractivity contribution is -0.136. The Bertz CT molecular complexity index is 882. The summed E-state index contributed by atoms with van der Waals surface area (Å²) in [7, 11) is 6.00. The van der Waals surface area contributed by atoms with Crippen molar-refractivity contribution in [3.8, 4) is 23.0 Å². The van der Waals surface area contributed by atoms with Crippen molar-refractivity contribution in [2.45, 2.75) is 0 Å². The summed E-state index contributed by atoms with van der Waals surface area (Å²) in [5.74, 6) is 0.161. The molecule has 2 aromatic rings. The van der Waals surface area contributed by atoms with Crippen molar-refractivity contribution in [1.82, 2.24) is 5.43 Å². The van der Waals surface area contributed by atoms with Gasteiger partial charge >= 0.3 is 11.8 Å². The van der Waals surface area contributed by atoms with Gasteiger partial charge in [0.05, 0.1) is 40.3 Å². The Kier molecular flexibility index (Phi) is 7.21. The van der Waals surface area contributed by atoms with Gasteiger partial charge in [-0.05, 0) is 35.9 Å². The predicted molar refractivity (Wildman–Crippen MR) is 103 cm³/mol. The van der Waals surface area contributed by atoms with E-state index in [-0.39, 0.29) is 0 Å². The Balaban J connectivity index is 1.99. The van der Waals surface area contributed by atoms with Gasteiger partial charge in [0, 0.05) is 6.07 Å². The van der Waals surface area contributed by atoms with Crippen LogP contribution < -0.4 is 29.7 Å². The number of anilines is 1. The zero-order valence-corrected chi connectivity index (χ0v) is 15.9. The van der Waals surface area contributed by atoms with Crippen LogP contribution in [0.5, 0.6) is 23.0 Å². The van der Waals surface area contributed by atoms with Crippen molar-refractivity contribution < 1.29 is 28.5 Å². The van der Waals surface area contributed by atoms with E-state index >= 15 is 0 Å². The third-order valence-corrected chi connectivity index (χ3v) is 3.65. The highest BCUT2D eigenvalue weighted by Gasteiger charge is 2.15. The molecule has 2 rings (SSSR count). The second kappa shape index (κ2) is 9.81. The molecule has 0 aliphatic heterocycles. The number of benzene rings is 2. The van der Waals surface area contributed by atoms with Crippen molar-refractivity contribution in [2.75, 3.05) is 33.8 Å². The molecular formula is C19H21N3O6. The molecule has 0 heterocycles. The number of ether oxygens (including phenoxy) is 4. The maximum atomic E-state index is 12.0. The Hall–Kier alpha value is -3.75. The van der Waals surface area contributed by atoms with Gasteiger partial charge in [0.15, 0.2) is 11.5 Å². The summed E-state index contributed by atoms with van der Waals surface area (Å²) in [5.41, 5.74) is 3.13. The van der Waals surface area contributed by atoms with Crippen LogP contribution in [0.2, 0.25) is 0 Å². The van der Waals surface area contributed by atoms with E-state index in [1.165, 1.54) is 34.7 Å². The fraction of sp³-hybridized carbons (Fsp3) is 0.211. The number of hydrogen-bond donors (Lipinski definition) is 2. The molecule has 0 atom stereocenters. The first kappa shape index (κ1) is 20.6. The average molecular weight is 387 g/mol. The van der Waals surface area contributed by atoms with Gasteiger partial charge in [0.2, 0.25) is 0 Å². The highest BCUT2D eigenvalue weighted by molar-refractivity contribution is 6.39. The van der Waals surface area contributed by atoms with Crippen LogP contribution in [0.15, 0.2) is 41.5 Å². The molecule has 0 bridgehead atoms. The topological polar surface area (TPSA) is 107 Å². The number of methoxy groups -OCH3 is 4. The normalized spacial score (nSPS) is 10.3. The van der Waals surface area contributed by atoms with E-state index in [0.717, 1.165) is 0 Å². The molecule has 0 aromatic heterocycles. The van der Waals surface area contributed by atoms with Crippen LogP contribution in [-0.4, -0.2) is 46.5 Å². The summed E-state index contributed by atoms with van der Waals surface area (Å²) in [5, 5.41) is 6.22. The van der Waals surface area contributed by atoms with E-state index in [9.17, 15) is 9.59 Å². The molecule has 0 aliphatic carbocycles. The van der Waals surface area contributed by atoms with Gasteiger partial charge in [-0.3, -0.25) is 9.59 Å². The lowest BCUT2D eigenvalue weighted by atomic mass is 10.2. The molecule has 9 nitrogen and oxygen atoms in total. The smallest absolute Gasteiger partial charge is 0.329 e. The average Bonchev–Trinajstić information content (AvgIpc) is 2.73. The number of nitrogens with one attached hydrogen (secondary N) is 2. The second-order valence-corrected chi connectivity index (χ2v) is 5.33. The second-order valence-electron chi connectivity index (χ2n) is 5.33. The maximum Gasteiger partial charge on any atom is 0.329 e. The molecule has 9 heteroatoms. The molecule has 0 unspecified atom stereocenters. The molecule has 0 fully saturated rings.